The molecule has 0 spiro atoms. The summed E-state index contributed by atoms with van der Waals surface area (Å²) in [5, 5.41) is 5.24. The third kappa shape index (κ3) is 7.03. The number of hydrogen-bond donors (Lipinski definition) is 2. The van der Waals surface area contributed by atoms with Gasteiger partial charge >= 0.3 is 12.1 Å². The van der Waals surface area contributed by atoms with Gasteiger partial charge in [0, 0.05) is 17.4 Å². The lowest BCUT2D eigenvalue weighted by atomic mass is 10.1. The van der Waals surface area contributed by atoms with Crippen molar-refractivity contribution in [2.24, 2.45) is 0 Å². The van der Waals surface area contributed by atoms with Gasteiger partial charge in [0.25, 0.3) is 5.91 Å². The van der Waals surface area contributed by atoms with Gasteiger partial charge in [0.05, 0.1) is 35.4 Å². The molecule has 0 aliphatic heterocycles. The minimum atomic E-state index is -4.90. The van der Waals surface area contributed by atoms with E-state index in [2.05, 4.69) is 20.4 Å². The number of aromatic nitrogens is 1. The van der Waals surface area contributed by atoms with Crippen molar-refractivity contribution in [3.05, 3.63) is 77.2 Å². The van der Waals surface area contributed by atoms with Gasteiger partial charge in [-0.2, -0.15) is 13.2 Å². The van der Waals surface area contributed by atoms with E-state index in [-0.39, 0.29) is 22.5 Å². The summed E-state index contributed by atoms with van der Waals surface area (Å²) in [6.07, 6.45) is -4.33. The second kappa shape index (κ2) is 10.9. The van der Waals surface area contributed by atoms with Crippen molar-refractivity contribution in [1.82, 2.24) is 4.98 Å². The molecule has 0 fully saturated rings. The van der Waals surface area contributed by atoms with E-state index in [9.17, 15) is 35.6 Å². The molecule has 196 valence electrons. The quantitative estimate of drug-likeness (QED) is 0.310. The Hall–Kier alpha value is -4.00. The monoisotopic (exact) mass is 539 g/mol. The number of rotatable bonds is 8. The Labute approximate surface area is 209 Å². The summed E-state index contributed by atoms with van der Waals surface area (Å²) in [4.78, 5) is 27.9. The second-order valence-electron chi connectivity index (χ2n) is 7.83. The molecule has 3 aromatic rings. The van der Waals surface area contributed by atoms with Crippen LogP contribution in [0.5, 0.6) is 0 Å². The minimum Gasteiger partial charge on any atom is -0.469 e. The number of alkyl halides is 3. The Balaban J connectivity index is 2.02. The van der Waals surface area contributed by atoms with Crippen LogP contribution in [-0.2, 0) is 25.5 Å². The van der Waals surface area contributed by atoms with Crippen molar-refractivity contribution < 1.29 is 40.3 Å². The van der Waals surface area contributed by atoms with Crippen LogP contribution in [0.2, 0.25) is 0 Å². The van der Waals surface area contributed by atoms with Gasteiger partial charge in [-0.25, -0.2) is 17.8 Å². The van der Waals surface area contributed by atoms with E-state index < -0.39 is 57.0 Å². The number of nitrogens with one attached hydrogen (secondary N) is 2. The molecule has 1 heterocycles. The first-order chi connectivity index (χ1) is 17.3. The largest absolute Gasteiger partial charge is 0.469 e. The summed E-state index contributed by atoms with van der Waals surface area (Å²) < 4.78 is 83.1. The van der Waals surface area contributed by atoms with E-state index in [1.165, 1.54) is 0 Å². The lowest BCUT2D eigenvalue weighted by molar-refractivity contribution is -0.140. The summed E-state index contributed by atoms with van der Waals surface area (Å²) in [6, 6.07) is 9.32. The van der Waals surface area contributed by atoms with E-state index >= 15 is 0 Å². The van der Waals surface area contributed by atoms with Gasteiger partial charge in [0.15, 0.2) is 15.7 Å². The first-order valence-electron chi connectivity index (χ1n) is 10.6. The summed E-state index contributed by atoms with van der Waals surface area (Å²) >= 11 is 0. The number of hydrogen-bond acceptors (Lipinski definition) is 7. The second-order valence-corrected chi connectivity index (χ2v) is 9.94. The van der Waals surface area contributed by atoms with Crippen molar-refractivity contribution >= 4 is 38.9 Å². The number of amides is 1. The smallest absolute Gasteiger partial charge is 0.416 e. The number of para-hydroxylation sites is 1. The van der Waals surface area contributed by atoms with Crippen LogP contribution in [0, 0.1) is 12.7 Å². The van der Waals surface area contributed by atoms with Crippen LogP contribution in [0.1, 0.15) is 27.9 Å². The number of esters is 1. The highest BCUT2D eigenvalue weighted by molar-refractivity contribution is 7.91. The third-order valence-corrected chi connectivity index (χ3v) is 6.84. The lowest BCUT2D eigenvalue weighted by Crippen LogP contribution is -2.17. The summed E-state index contributed by atoms with van der Waals surface area (Å²) in [7, 11) is -2.97. The maximum absolute atomic E-state index is 13.8. The third-order valence-electron chi connectivity index (χ3n) is 5.16. The van der Waals surface area contributed by atoms with Crippen molar-refractivity contribution in [1.29, 1.82) is 0 Å². The zero-order valence-electron chi connectivity index (χ0n) is 19.5. The van der Waals surface area contributed by atoms with E-state index in [1.54, 1.807) is 31.2 Å². The first kappa shape index (κ1) is 27.6. The SMILES string of the molecule is COC(=O)CCS(=O)(=O)c1cnc(Nc2ccccc2C)c(NC(=O)c2cc(F)cc(C(F)(F)F)c2)c1. The van der Waals surface area contributed by atoms with Crippen LogP contribution in [-0.4, -0.2) is 38.1 Å². The predicted molar refractivity (Wildman–Crippen MR) is 127 cm³/mol. The molecule has 2 N–H and O–H groups in total. The van der Waals surface area contributed by atoms with Gasteiger partial charge < -0.3 is 15.4 Å². The fraction of sp³-hybridized carbons (Fsp3) is 0.208. The molecular weight excluding hydrogens is 518 g/mol. The highest BCUT2D eigenvalue weighted by Crippen LogP contribution is 2.32. The van der Waals surface area contributed by atoms with Gasteiger partial charge in [0.1, 0.15) is 5.82 Å². The Kier molecular flexibility index (Phi) is 8.16. The van der Waals surface area contributed by atoms with Crippen LogP contribution in [0.3, 0.4) is 0 Å². The van der Waals surface area contributed by atoms with Crippen molar-refractivity contribution in [3.63, 3.8) is 0 Å². The number of methoxy groups -OCH3 is 1. The van der Waals surface area contributed by atoms with Gasteiger partial charge in [-0.05, 0) is 42.8 Å². The van der Waals surface area contributed by atoms with Gasteiger partial charge in [-0.1, -0.05) is 18.2 Å². The standard InChI is InChI=1S/C24H21F4N3O5S/c1-14-5-3-4-6-19(14)30-22-20(12-18(13-29-22)37(34,35)8-7-21(32)36-2)31-23(33)15-9-16(24(26,27)28)11-17(25)10-15/h3-6,9-13H,7-8H2,1-2H3,(H,29,30)(H,31,33). The number of sulfone groups is 1. The maximum Gasteiger partial charge on any atom is 0.416 e. The minimum absolute atomic E-state index is 0.0259. The van der Waals surface area contributed by atoms with Crippen molar-refractivity contribution in [3.8, 4) is 0 Å². The zero-order chi connectivity index (χ0) is 27.4. The summed E-state index contributed by atoms with van der Waals surface area (Å²) in [5.74, 6) is -3.81. The fourth-order valence-corrected chi connectivity index (χ4v) is 4.35. The number of carbonyl (C=O) groups is 2. The molecule has 3 rings (SSSR count). The molecule has 8 nitrogen and oxygen atoms in total. The number of anilines is 3. The Morgan fingerprint density at radius 3 is 2.41 bits per heavy atom. The average molecular weight is 540 g/mol. The Bertz CT molecular complexity index is 1440. The first-order valence-corrected chi connectivity index (χ1v) is 12.3. The number of nitrogens with zero attached hydrogens (tertiary/aromatic N) is 1. The number of carbonyl (C=O) groups excluding carboxylic acids is 2. The van der Waals surface area contributed by atoms with Crippen molar-refractivity contribution in [2.75, 3.05) is 23.5 Å². The van der Waals surface area contributed by atoms with Crippen LogP contribution in [0.25, 0.3) is 0 Å². The molecule has 0 atom stereocenters. The molecule has 2 aromatic carbocycles. The van der Waals surface area contributed by atoms with Gasteiger partial charge in [-0.3, -0.25) is 9.59 Å². The normalized spacial score (nSPS) is 11.6. The maximum atomic E-state index is 13.8. The molecule has 0 unspecified atom stereocenters. The molecule has 1 amide bonds. The molecule has 0 aliphatic carbocycles. The number of halogens is 4. The molecule has 0 radical (unpaired) electrons. The zero-order valence-corrected chi connectivity index (χ0v) is 20.3. The summed E-state index contributed by atoms with van der Waals surface area (Å²) in [5.41, 5.74) is -0.889. The van der Waals surface area contributed by atoms with Crippen LogP contribution < -0.4 is 10.6 Å². The van der Waals surface area contributed by atoms with Crippen LogP contribution in [0.15, 0.2) is 59.6 Å². The molecule has 13 heteroatoms. The average Bonchev–Trinajstić information content (AvgIpc) is 2.83. The number of ether oxygens (including phenoxy) is 1. The topological polar surface area (TPSA) is 114 Å². The Morgan fingerprint density at radius 2 is 1.76 bits per heavy atom. The molecule has 1 aromatic heterocycles. The summed E-state index contributed by atoms with van der Waals surface area (Å²) in [6.45, 7) is 1.78. The van der Waals surface area contributed by atoms with E-state index in [0.717, 1.165) is 24.9 Å². The predicted octanol–water partition coefficient (Wildman–Crippen LogP) is 4.88. The van der Waals surface area contributed by atoms with E-state index in [0.29, 0.717) is 17.8 Å². The molecular formula is C24H21F4N3O5S. The Morgan fingerprint density at radius 1 is 1.05 bits per heavy atom. The highest BCUT2D eigenvalue weighted by atomic mass is 32.2. The number of benzene rings is 2. The molecule has 0 saturated carbocycles. The van der Waals surface area contributed by atoms with Crippen molar-refractivity contribution in [2.45, 2.75) is 24.4 Å². The fourth-order valence-electron chi connectivity index (χ4n) is 3.17. The lowest BCUT2D eigenvalue weighted by Gasteiger charge is -2.16. The molecule has 0 bridgehead atoms. The number of aryl methyl sites for hydroxylation is 1. The number of pyridine rings is 1. The van der Waals surface area contributed by atoms with E-state index in [4.69, 9.17) is 0 Å². The van der Waals surface area contributed by atoms with Crippen LogP contribution in [0.4, 0.5) is 34.8 Å². The van der Waals surface area contributed by atoms with Gasteiger partial charge in [0.2, 0.25) is 0 Å². The highest BCUT2D eigenvalue weighted by Gasteiger charge is 2.32. The molecule has 0 saturated heterocycles. The van der Waals surface area contributed by atoms with E-state index in [1.807, 2.05) is 0 Å². The van der Waals surface area contributed by atoms with Crippen LogP contribution >= 0.6 is 0 Å². The van der Waals surface area contributed by atoms with Gasteiger partial charge in [-0.15, -0.1) is 0 Å². The molecule has 0 aliphatic rings. The molecule has 37 heavy (non-hydrogen) atoms.